The van der Waals surface area contributed by atoms with Crippen LogP contribution in [0, 0.1) is 0 Å². The number of rotatable bonds is 6. The highest BCUT2D eigenvalue weighted by atomic mass is 16.5. The molecule has 0 fully saturated rings. The Balaban J connectivity index is 2.46. The Morgan fingerprint density at radius 3 is 2.47 bits per heavy atom. The summed E-state index contributed by atoms with van der Waals surface area (Å²) in [5.41, 5.74) is 1.41. The fourth-order valence-corrected chi connectivity index (χ4v) is 1.40. The Bertz CT molecular complexity index is 417. The van der Waals surface area contributed by atoms with Crippen molar-refractivity contribution in [1.29, 1.82) is 0 Å². The van der Waals surface area contributed by atoms with Crippen molar-refractivity contribution >= 4 is 12.0 Å². The van der Waals surface area contributed by atoms with Crippen LogP contribution in [-0.4, -0.2) is 37.4 Å². The maximum atomic E-state index is 11.7. The summed E-state index contributed by atoms with van der Waals surface area (Å²) in [6, 6.07) is 6.89. The van der Waals surface area contributed by atoms with Crippen molar-refractivity contribution in [3.05, 3.63) is 35.4 Å². The molecule has 3 N–H and O–H groups in total. The number of alkyl carbamates (subject to hydrolysis) is 1. The van der Waals surface area contributed by atoms with Crippen LogP contribution in [0.1, 0.15) is 22.3 Å². The molecular weight excluding hydrogens is 248 g/mol. The SMILES string of the molecule is COC(=O)NCc1ccc(C(=O)NCCCO)cc1. The van der Waals surface area contributed by atoms with Crippen molar-refractivity contribution in [2.24, 2.45) is 0 Å². The molecule has 19 heavy (non-hydrogen) atoms. The second kappa shape index (κ2) is 8.10. The highest BCUT2D eigenvalue weighted by Gasteiger charge is 2.05. The molecule has 0 unspecified atom stereocenters. The van der Waals surface area contributed by atoms with E-state index in [9.17, 15) is 9.59 Å². The molecule has 0 aliphatic rings. The van der Waals surface area contributed by atoms with E-state index in [0.29, 0.717) is 25.1 Å². The van der Waals surface area contributed by atoms with Crippen molar-refractivity contribution < 1.29 is 19.4 Å². The molecular formula is C13H18N2O4. The van der Waals surface area contributed by atoms with Gasteiger partial charge in [0.25, 0.3) is 5.91 Å². The smallest absolute Gasteiger partial charge is 0.407 e. The summed E-state index contributed by atoms with van der Waals surface area (Å²) in [5.74, 6) is -0.180. The molecule has 0 bridgehead atoms. The third-order valence-corrected chi connectivity index (χ3v) is 2.46. The number of hydrogen-bond donors (Lipinski definition) is 3. The number of methoxy groups -OCH3 is 1. The number of amides is 2. The third kappa shape index (κ3) is 5.39. The molecule has 0 saturated heterocycles. The minimum Gasteiger partial charge on any atom is -0.453 e. The van der Waals surface area contributed by atoms with Crippen molar-refractivity contribution in [3.8, 4) is 0 Å². The number of benzene rings is 1. The van der Waals surface area contributed by atoms with Crippen LogP contribution >= 0.6 is 0 Å². The molecule has 1 aromatic rings. The van der Waals surface area contributed by atoms with Gasteiger partial charge in [-0.15, -0.1) is 0 Å². The topological polar surface area (TPSA) is 87.7 Å². The van der Waals surface area contributed by atoms with Crippen LogP contribution in [0.4, 0.5) is 4.79 Å². The first-order valence-electron chi connectivity index (χ1n) is 5.97. The van der Waals surface area contributed by atoms with Crippen molar-refractivity contribution in [1.82, 2.24) is 10.6 Å². The molecule has 0 aliphatic heterocycles. The van der Waals surface area contributed by atoms with Crippen LogP contribution in [0.5, 0.6) is 0 Å². The number of carbonyl (C=O) groups excluding carboxylic acids is 2. The van der Waals surface area contributed by atoms with Gasteiger partial charge >= 0.3 is 6.09 Å². The molecule has 0 spiro atoms. The summed E-state index contributed by atoms with van der Waals surface area (Å²) in [6.07, 6.45) is 0.0400. The predicted octanol–water partition coefficient (Wildman–Crippen LogP) is 0.655. The number of aliphatic hydroxyl groups is 1. The van der Waals surface area contributed by atoms with Gasteiger partial charge in [0.05, 0.1) is 7.11 Å². The molecule has 2 amide bonds. The van der Waals surface area contributed by atoms with E-state index in [0.717, 1.165) is 5.56 Å². The fraction of sp³-hybridized carbons (Fsp3) is 0.385. The van der Waals surface area contributed by atoms with Gasteiger partial charge in [-0.3, -0.25) is 4.79 Å². The van der Waals surface area contributed by atoms with Crippen molar-refractivity contribution in [3.63, 3.8) is 0 Å². The highest BCUT2D eigenvalue weighted by Crippen LogP contribution is 2.04. The zero-order valence-corrected chi connectivity index (χ0v) is 10.8. The largest absolute Gasteiger partial charge is 0.453 e. The van der Waals surface area contributed by atoms with Gasteiger partial charge in [0.1, 0.15) is 0 Å². The quantitative estimate of drug-likeness (QED) is 0.660. The minimum atomic E-state index is -0.495. The highest BCUT2D eigenvalue weighted by molar-refractivity contribution is 5.94. The second-order valence-corrected chi connectivity index (χ2v) is 3.88. The van der Waals surface area contributed by atoms with Gasteiger partial charge < -0.3 is 20.5 Å². The van der Waals surface area contributed by atoms with Crippen molar-refractivity contribution in [2.45, 2.75) is 13.0 Å². The lowest BCUT2D eigenvalue weighted by Crippen LogP contribution is -2.25. The first kappa shape index (κ1) is 15.0. The summed E-state index contributed by atoms with van der Waals surface area (Å²) < 4.78 is 4.45. The number of carbonyl (C=O) groups is 2. The first-order chi connectivity index (χ1) is 9.17. The standard InChI is InChI=1S/C13H18N2O4/c1-19-13(18)15-9-10-3-5-11(6-4-10)12(17)14-7-2-8-16/h3-6,16H,2,7-9H2,1H3,(H,14,17)(H,15,18). The Morgan fingerprint density at radius 2 is 1.89 bits per heavy atom. The van der Waals surface area contributed by atoms with Gasteiger partial charge in [-0.1, -0.05) is 12.1 Å². The molecule has 104 valence electrons. The molecule has 0 radical (unpaired) electrons. The summed E-state index contributed by atoms with van der Waals surface area (Å²) in [5, 5.41) is 13.9. The molecule has 0 aliphatic carbocycles. The zero-order chi connectivity index (χ0) is 14.1. The van der Waals surface area contributed by atoms with Crippen LogP contribution in [0.15, 0.2) is 24.3 Å². The van der Waals surface area contributed by atoms with E-state index in [1.807, 2.05) is 0 Å². The zero-order valence-electron chi connectivity index (χ0n) is 10.8. The van der Waals surface area contributed by atoms with Gasteiger partial charge in [0.2, 0.25) is 0 Å². The summed E-state index contributed by atoms with van der Waals surface area (Å²) in [6.45, 7) is 0.846. The summed E-state index contributed by atoms with van der Waals surface area (Å²) >= 11 is 0. The minimum absolute atomic E-state index is 0.0540. The van der Waals surface area contributed by atoms with E-state index in [4.69, 9.17) is 5.11 Å². The molecule has 0 aromatic heterocycles. The monoisotopic (exact) mass is 266 g/mol. The lowest BCUT2D eigenvalue weighted by atomic mass is 10.1. The van der Waals surface area contributed by atoms with Crippen LogP contribution < -0.4 is 10.6 Å². The van der Waals surface area contributed by atoms with Crippen LogP contribution in [0.2, 0.25) is 0 Å². The third-order valence-electron chi connectivity index (χ3n) is 2.46. The molecule has 0 heterocycles. The normalized spacial score (nSPS) is 9.79. The van der Waals surface area contributed by atoms with E-state index in [1.165, 1.54) is 7.11 Å². The molecule has 6 nitrogen and oxygen atoms in total. The maximum Gasteiger partial charge on any atom is 0.407 e. The number of hydrogen-bond acceptors (Lipinski definition) is 4. The average molecular weight is 266 g/mol. The molecule has 0 saturated carbocycles. The number of aliphatic hydroxyl groups excluding tert-OH is 1. The number of nitrogens with one attached hydrogen (secondary N) is 2. The van der Waals surface area contributed by atoms with Gasteiger partial charge in [0.15, 0.2) is 0 Å². The fourth-order valence-electron chi connectivity index (χ4n) is 1.40. The predicted molar refractivity (Wildman–Crippen MR) is 69.7 cm³/mol. The first-order valence-corrected chi connectivity index (χ1v) is 5.97. The van der Waals surface area contributed by atoms with Crippen molar-refractivity contribution in [2.75, 3.05) is 20.3 Å². The van der Waals surface area contributed by atoms with E-state index in [2.05, 4.69) is 15.4 Å². The van der Waals surface area contributed by atoms with E-state index < -0.39 is 6.09 Å². The molecule has 1 rings (SSSR count). The average Bonchev–Trinajstić information content (AvgIpc) is 2.45. The Hall–Kier alpha value is -2.08. The van der Waals surface area contributed by atoms with E-state index in [-0.39, 0.29) is 12.5 Å². The lowest BCUT2D eigenvalue weighted by Gasteiger charge is -2.06. The number of ether oxygens (including phenoxy) is 1. The lowest BCUT2D eigenvalue weighted by molar-refractivity contribution is 0.0951. The van der Waals surface area contributed by atoms with Crippen LogP contribution in [0.25, 0.3) is 0 Å². The van der Waals surface area contributed by atoms with E-state index >= 15 is 0 Å². The molecule has 0 atom stereocenters. The van der Waals surface area contributed by atoms with Gasteiger partial charge in [-0.25, -0.2) is 4.79 Å². The Kier molecular flexibility index (Phi) is 6.38. The van der Waals surface area contributed by atoms with Gasteiger partial charge in [-0.2, -0.15) is 0 Å². The molecule has 1 aromatic carbocycles. The summed E-state index contributed by atoms with van der Waals surface area (Å²) in [7, 11) is 1.30. The maximum absolute atomic E-state index is 11.7. The second-order valence-electron chi connectivity index (χ2n) is 3.88. The Labute approximate surface area is 111 Å². The molecule has 6 heteroatoms. The summed E-state index contributed by atoms with van der Waals surface area (Å²) in [4.78, 5) is 22.5. The van der Waals surface area contributed by atoms with Gasteiger partial charge in [0, 0.05) is 25.3 Å². The Morgan fingerprint density at radius 1 is 1.21 bits per heavy atom. The van der Waals surface area contributed by atoms with Crippen LogP contribution in [0.3, 0.4) is 0 Å². The van der Waals surface area contributed by atoms with E-state index in [1.54, 1.807) is 24.3 Å². The van der Waals surface area contributed by atoms with Crippen LogP contribution in [-0.2, 0) is 11.3 Å². The van der Waals surface area contributed by atoms with Gasteiger partial charge in [-0.05, 0) is 24.1 Å².